The van der Waals surface area contributed by atoms with E-state index in [9.17, 15) is 9.59 Å². The van der Waals surface area contributed by atoms with Crippen molar-refractivity contribution in [2.75, 3.05) is 11.1 Å². The summed E-state index contributed by atoms with van der Waals surface area (Å²) < 4.78 is 0. The number of carbonyl (C=O) groups is 2. The molecule has 114 valence electrons. The van der Waals surface area contributed by atoms with Crippen LogP contribution in [0.15, 0.2) is 36.4 Å². The van der Waals surface area contributed by atoms with Crippen molar-refractivity contribution >= 4 is 23.7 Å². The Labute approximate surface area is 129 Å². The molecule has 0 aliphatic heterocycles. The molecule has 2 rings (SSSR count). The fraction of sp³-hybridized carbons (Fsp3) is 0.235. The number of aldehydes is 1. The van der Waals surface area contributed by atoms with E-state index in [2.05, 4.69) is 10.3 Å². The number of nitrogen functional groups attached to an aromatic ring is 1. The average molecular weight is 297 g/mol. The molecule has 1 amide bonds. The highest BCUT2D eigenvalue weighted by atomic mass is 16.1. The van der Waals surface area contributed by atoms with E-state index in [1.807, 2.05) is 26.8 Å². The van der Waals surface area contributed by atoms with Gasteiger partial charge in [-0.1, -0.05) is 32.9 Å². The Morgan fingerprint density at radius 2 is 1.95 bits per heavy atom. The second-order valence-corrected chi connectivity index (χ2v) is 6.08. The fourth-order valence-corrected chi connectivity index (χ4v) is 1.95. The average Bonchev–Trinajstić information content (AvgIpc) is 2.48. The summed E-state index contributed by atoms with van der Waals surface area (Å²) in [6, 6.07) is 10.0. The summed E-state index contributed by atoms with van der Waals surface area (Å²) in [7, 11) is 0. The van der Waals surface area contributed by atoms with Crippen molar-refractivity contribution in [1.29, 1.82) is 0 Å². The van der Waals surface area contributed by atoms with Gasteiger partial charge in [-0.2, -0.15) is 0 Å². The lowest BCUT2D eigenvalue weighted by molar-refractivity contribution is 0.102. The van der Waals surface area contributed by atoms with Crippen LogP contribution >= 0.6 is 0 Å². The van der Waals surface area contributed by atoms with E-state index < -0.39 is 0 Å². The van der Waals surface area contributed by atoms with Crippen LogP contribution in [0.3, 0.4) is 0 Å². The van der Waals surface area contributed by atoms with Crippen molar-refractivity contribution < 1.29 is 9.59 Å². The summed E-state index contributed by atoms with van der Waals surface area (Å²) >= 11 is 0. The fourth-order valence-electron chi connectivity index (χ4n) is 1.95. The Bertz CT molecular complexity index is 718. The largest absolute Gasteiger partial charge is 0.382 e. The van der Waals surface area contributed by atoms with Gasteiger partial charge in [0.25, 0.3) is 5.91 Å². The van der Waals surface area contributed by atoms with Crippen LogP contribution in [0.25, 0.3) is 0 Å². The number of nitrogens with zero attached hydrogens (tertiary/aromatic N) is 1. The summed E-state index contributed by atoms with van der Waals surface area (Å²) in [4.78, 5) is 27.3. The zero-order chi connectivity index (χ0) is 16.3. The van der Waals surface area contributed by atoms with Crippen LogP contribution in [0.5, 0.6) is 0 Å². The molecular formula is C17H19N3O2. The molecule has 0 saturated heterocycles. The number of benzene rings is 1. The highest BCUT2D eigenvalue weighted by Crippen LogP contribution is 2.25. The Hall–Kier alpha value is -2.69. The van der Waals surface area contributed by atoms with Crippen LogP contribution in [0.4, 0.5) is 11.5 Å². The van der Waals surface area contributed by atoms with Crippen LogP contribution in [-0.2, 0) is 5.41 Å². The second kappa shape index (κ2) is 5.97. The minimum absolute atomic E-state index is 0.116. The molecule has 0 atom stereocenters. The molecule has 0 fully saturated rings. The van der Waals surface area contributed by atoms with E-state index in [1.54, 1.807) is 24.3 Å². The molecule has 1 aromatic carbocycles. The lowest BCUT2D eigenvalue weighted by atomic mass is 9.91. The number of rotatable bonds is 3. The molecule has 0 bridgehead atoms. The number of amides is 1. The summed E-state index contributed by atoms with van der Waals surface area (Å²) in [6.45, 7) is 6.12. The number of pyridine rings is 1. The van der Waals surface area contributed by atoms with Gasteiger partial charge in [-0.3, -0.25) is 9.59 Å². The minimum atomic E-state index is -0.333. The van der Waals surface area contributed by atoms with E-state index in [1.165, 1.54) is 6.07 Å². The molecule has 0 aliphatic rings. The molecule has 0 radical (unpaired) electrons. The maximum atomic E-state index is 12.2. The highest BCUT2D eigenvalue weighted by Gasteiger charge is 2.17. The van der Waals surface area contributed by atoms with Gasteiger partial charge in [-0.25, -0.2) is 4.98 Å². The van der Waals surface area contributed by atoms with Crippen LogP contribution in [0.2, 0.25) is 0 Å². The third-order valence-corrected chi connectivity index (χ3v) is 3.23. The van der Waals surface area contributed by atoms with Gasteiger partial charge in [0, 0.05) is 22.2 Å². The maximum absolute atomic E-state index is 12.2. The molecule has 0 aliphatic carbocycles. The maximum Gasteiger partial charge on any atom is 0.255 e. The summed E-state index contributed by atoms with van der Waals surface area (Å²) in [5.41, 5.74) is 7.95. The number of aromatic nitrogens is 1. The molecule has 0 saturated carbocycles. The van der Waals surface area contributed by atoms with E-state index >= 15 is 0 Å². The lowest BCUT2D eigenvalue weighted by Crippen LogP contribution is -2.17. The lowest BCUT2D eigenvalue weighted by Gasteiger charge is -2.19. The molecule has 0 spiro atoms. The molecule has 0 unspecified atom stereocenters. The minimum Gasteiger partial charge on any atom is -0.382 e. The van der Waals surface area contributed by atoms with Crippen molar-refractivity contribution in [1.82, 2.24) is 4.98 Å². The topological polar surface area (TPSA) is 85.1 Å². The zero-order valence-corrected chi connectivity index (χ0v) is 12.9. The van der Waals surface area contributed by atoms with E-state index in [0.717, 1.165) is 5.69 Å². The third-order valence-electron chi connectivity index (χ3n) is 3.23. The smallest absolute Gasteiger partial charge is 0.255 e. The van der Waals surface area contributed by atoms with Crippen LogP contribution in [0.1, 0.15) is 47.2 Å². The molecule has 5 nitrogen and oxygen atoms in total. The first-order chi connectivity index (χ1) is 10.3. The SMILES string of the molecule is CC(C)(C)c1ccc(NC(=O)c2cccc(C=O)c2)c(N)n1. The summed E-state index contributed by atoms with van der Waals surface area (Å²) in [5, 5.41) is 2.71. The van der Waals surface area contributed by atoms with Gasteiger partial charge < -0.3 is 11.1 Å². The Kier molecular flexibility index (Phi) is 4.26. The second-order valence-electron chi connectivity index (χ2n) is 6.08. The summed E-state index contributed by atoms with van der Waals surface area (Å²) in [5.74, 6) is -0.0620. The van der Waals surface area contributed by atoms with Crippen molar-refractivity contribution in [3.05, 3.63) is 53.2 Å². The molecule has 1 aromatic heterocycles. The normalized spacial score (nSPS) is 11.0. The number of anilines is 2. The van der Waals surface area contributed by atoms with Crippen LogP contribution < -0.4 is 11.1 Å². The Morgan fingerprint density at radius 3 is 2.55 bits per heavy atom. The van der Waals surface area contributed by atoms with Crippen LogP contribution in [-0.4, -0.2) is 17.2 Å². The van der Waals surface area contributed by atoms with Crippen molar-refractivity contribution in [2.24, 2.45) is 0 Å². The predicted molar refractivity (Wildman–Crippen MR) is 87.1 cm³/mol. The third kappa shape index (κ3) is 3.49. The Balaban J connectivity index is 2.23. The molecular weight excluding hydrogens is 278 g/mol. The first kappa shape index (κ1) is 15.7. The molecule has 5 heteroatoms. The number of hydrogen-bond acceptors (Lipinski definition) is 4. The molecule has 1 heterocycles. The summed E-state index contributed by atoms with van der Waals surface area (Å²) in [6.07, 6.45) is 0.699. The van der Waals surface area contributed by atoms with Gasteiger partial charge in [0.05, 0.1) is 5.69 Å². The quantitative estimate of drug-likeness (QED) is 0.853. The van der Waals surface area contributed by atoms with Gasteiger partial charge >= 0.3 is 0 Å². The first-order valence-electron chi connectivity index (χ1n) is 6.95. The molecule has 22 heavy (non-hydrogen) atoms. The highest BCUT2D eigenvalue weighted by molar-refractivity contribution is 6.06. The predicted octanol–water partition coefficient (Wildman–Crippen LogP) is 3.03. The first-order valence-corrected chi connectivity index (χ1v) is 6.95. The van der Waals surface area contributed by atoms with Gasteiger partial charge in [-0.15, -0.1) is 0 Å². The molecule has 3 N–H and O–H groups in total. The number of nitrogens with one attached hydrogen (secondary N) is 1. The van der Waals surface area contributed by atoms with Crippen molar-refractivity contribution in [3.63, 3.8) is 0 Å². The van der Waals surface area contributed by atoms with Gasteiger partial charge in [0.2, 0.25) is 0 Å². The number of nitrogens with two attached hydrogens (primary N) is 1. The van der Waals surface area contributed by atoms with Crippen molar-refractivity contribution in [2.45, 2.75) is 26.2 Å². The van der Waals surface area contributed by atoms with E-state index in [4.69, 9.17) is 5.73 Å². The standard InChI is InChI=1S/C17H19N3O2/c1-17(2,3)14-8-7-13(15(18)20-14)19-16(22)12-6-4-5-11(9-12)10-21/h4-10H,1-3H3,(H2,18,20)(H,19,22). The van der Waals surface area contributed by atoms with Gasteiger partial charge in [0.15, 0.2) is 0 Å². The van der Waals surface area contributed by atoms with Gasteiger partial charge in [-0.05, 0) is 24.3 Å². The Morgan fingerprint density at radius 1 is 1.23 bits per heavy atom. The number of carbonyl (C=O) groups excluding carboxylic acids is 2. The van der Waals surface area contributed by atoms with E-state index in [0.29, 0.717) is 23.1 Å². The molecule has 2 aromatic rings. The number of hydrogen-bond donors (Lipinski definition) is 2. The van der Waals surface area contributed by atoms with E-state index in [-0.39, 0.29) is 17.1 Å². The van der Waals surface area contributed by atoms with Crippen LogP contribution in [0, 0.1) is 0 Å². The monoisotopic (exact) mass is 297 g/mol. The van der Waals surface area contributed by atoms with Crippen molar-refractivity contribution in [3.8, 4) is 0 Å². The zero-order valence-electron chi connectivity index (χ0n) is 12.9. The van der Waals surface area contributed by atoms with Gasteiger partial charge in [0.1, 0.15) is 12.1 Å².